The van der Waals surface area contributed by atoms with Gasteiger partial charge in [-0.25, -0.2) is 4.79 Å². The van der Waals surface area contributed by atoms with Crippen LogP contribution in [0, 0.1) is 13.8 Å². The Morgan fingerprint density at radius 1 is 1.09 bits per heavy atom. The molecule has 3 rings (SSSR count). The van der Waals surface area contributed by atoms with E-state index in [1.54, 1.807) is 37.3 Å². The third kappa shape index (κ3) is 6.97. The van der Waals surface area contributed by atoms with E-state index in [-0.39, 0.29) is 24.3 Å². The number of unbranched alkanes of at least 4 members (excludes halogenated alkanes) is 1. The topological polar surface area (TPSA) is 105 Å². The maximum Gasteiger partial charge on any atom is 0.397 e. The fourth-order valence-electron chi connectivity index (χ4n) is 3.89. The standard InChI is InChI=1S/C27H34N2O6/c1-5-7-8-24(31)29(21-9-10-21)16-19-15-22(11-12-23(19)30)35-25-17(3)13-20(14-18(25)4)28-26(32)27(33)34-6-2/h11-15,21,30H,5-10,16H2,1-4H3,(H,28,32). The number of esters is 1. The number of phenols is 1. The SMILES string of the molecule is CCCCC(=O)N(Cc1cc(Oc2c(C)cc(NC(=O)C(=O)OCC)cc2C)ccc1O)C1CC1. The van der Waals surface area contributed by atoms with E-state index in [0.29, 0.717) is 35.7 Å². The van der Waals surface area contributed by atoms with E-state index in [9.17, 15) is 19.5 Å². The van der Waals surface area contributed by atoms with Crippen LogP contribution in [0.2, 0.25) is 0 Å². The number of carbonyl (C=O) groups excluding carboxylic acids is 3. The molecule has 0 aromatic heterocycles. The molecule has 8 heteroatoms. The molecule has 2 N–H and O–H groups in total. The van der Waals surface area contributed by atoms with Crippen LogP contribution in [-0.2, 0) is 25.7 Å². The van der Waals surface area contributed by atoms with Gasteiger partial charge in [0.25, 0.3) is 0 Å². The van der Waals surface area contributed by atoms with Crippen molar-refractivity contribution in [2.24, 2.45) is 0 Å². The summed E-state index contributed by atoms with van der Waals surface area (Å²) >= 11 is 0. The van der Waals surface area contributed by atoms with E-state index < -0.39 is 11.9 Å². The first kappa shape index (κ1) is 26.1. The number of phenolic OH excluding ortho intramolecular Hbond substituents is 1. The van der Waals surface area contributed by atoms with Gasteiger partial charge in [0.2, 0.25) is 5.91 Å². The second-order valence-corrected chi connectivity index (χ2v) is 8.86. The first-order chi connectivity index (χ1) is 16.7. The maximum atomic E-state index is 12.7. The van der Waals surface area contributed by atoms with Gasteiger partial charge in [0.05, 0.1) is 6.61 Å². The van der Waals surface area contributed by atoms with Crippen molar-refractivity contribution in [2.45, 2.75) is 72.4 Å². The minimum atomic E-state index is -0.937. The van der Waals surface area contributed by atoms with Crippen LogP contribution in [0.1, 0.15) is 62.6 Å². The van der Waals surface area contributed by atoms with Crippen LogP contribution in [0.4, 0.5) is 5.69 Å². The van der Waals surface area contributed by atoms with Gasteiger partial charge in [-0.3, -0.25) is 9.59 Å². The van der Waals surface area contributed by atoms with Crippen molar-refractivity contribution < 1.29 is 29.0 Å². The zero-order valence-corrected chi connectivity index (χ0v) is 20.8. The van der Waals surface area contributed by atoms with Gasteiger partial charge in [-0.1, -0.05) is 13.3 Å². The number of nitrogens with one attached hydrogen (secondary N) is 1. The molecule has 0 saturated heterocycles. The molecule has 0 bridgehead atoms. The zero-order valence-electron chi connectivity index (χ0n) is 20.8. The van der Waals surface area contributed by atoms with Crippen LogP contribution in [-0.4, -0.2) is 40.4 Å². The largest absolute Gasteiger partial charge is 0.508 e. The lowest BCUT2D eigenvalue weighted by molar-refractivity contribution is -0.152. The molecular weight excluding hydrogens is 448 g/mol. The van der Waals surface area contributed by atoms with E-state index >= 15 is 0 Å². The Morgan fingerprint density at radius 2 is 1.77 bits per heavy atom. The van der Waals surface area contributed by atoms with E-state index in [1.165, 1.54) is 0 Å². The number of carbonyl (C=O) groups is 3. The molecule has 0 heterocycles. The highest BCUT2D eigenvalue weighted by molar-refractivity contribution is 6.37. The highest BCUT2D eigenvalue weighted by Gasteiger charge is 2.32. The molecule has 1 fully saturated rings. The summed E-state index contributed by atoms with van der Waals surface area (Å²) in [4.78, 5) is 38.1. The fraction of sp³-hybridized carbons (Fsp3) is 0.444. The van der Waals surface area contributed by atoms with Crippen molar-refractivity contribution in [3.8, 4) is 17.2 Å². The molecule has 188 valence electrons. The van der Waals surface area contributed by atoms with E-state index in [1.807, 2.05) is 18.7 Å². The number of hydrogen-bond acceptors (Lipinski definition) is 6. The molecular formula is C27H34N2O6. The summed E-state index contributed by atoms with van der Waals surface area (Å²) in [5.74, 6) is -0.397. The number of rotatable bonds is 10. The average molecular weight is 483 g/mol. The summed E-state index contributed by atoms with van der Waals surface area (Å²) < 4.78 is 10.9. The number of anilines is 1. The molecule has 35 heavy (non-hydrogen) atoms. The summed E-state index contributed by atoms with van der Waals surface area (Å²) in [7, 11) is 0. The molecule has 8 nitrogen and oxygen atoms in total. The molecule has 2 aromatic carbocycles. The van der Waals surface area contributed by atoms with Crippen molar-refractivity contribution >= 4 is 23.5 Å². The third-order valence-electron chi connectivity index (χ3n) is 5.84. The summed E-state index contributed by atoms with van der Waals surface area (Å²) in [6, 6.07) is 8.67. The van der Waals surface area contributed by atoms with Crippen LogP contribution in [0.15, 0.2) is 30.3 Å². The number of benzene rings is 2. The lowest BCUT2D eigenvalue weighted by Crippen LogP contribution is -2.32. The predicted octanol–water partition coefficient (Wildman–Crippen LogP) is 4.98. The van der Waals surface area contributed by atoms with Crippen LogP contribution >= 0.6 is 0 Å². The molecule has 2 amide bonds. The lowest BCUT2D eigenvalue weighted by Gasteiger charge is -2.23. The van der Waals surface area contributed by atoms with Gasteiger partial charge < -0.3 is 24.8 Å². The molecule has 1 aliphatic rings. The van der Waals surface area contributed by atoms with Crippen LogP contribution in [0.25, 0.3) is 0 Å². The fourth-order valence-corrected chi connectivity index (χ4v) is 3.89. The minimum absolute atomic E-state index is 0.118. The number of ether oxygens (including phenoxy) is 2. The summed E-state index contributed by atoms with van der Waals surface area (Å²) in [6.07, 6.45) is 4.31. The van der Waals surface area contributed by atoms with Gasteiger partial charge in [-0.2, -0.15) is 0 Å². The van der Waals surface area contributed by atoms with E-state index in [0.717, 1.165) is 36.8 Å². The number of aryl methyl sites for hydroxylation is 2. The minimum Gasteiger partial charge on any atom is -0.508 e. The Hall–Kier alpha value is -3.55. The smallest absolute Gasteiger partial charge is 0.397 e. The van der Waals surface area contributed by atoms with Crippen LogP contribution < -0.4 is 10.1 Å². The van der Waals surface area contributed by atoms with E-state index in [2.05, 4.69) is 12.2 Å². The summed E-state index contributed by atoms with van der Waals surface area (Å²) in [6.45, 7) is 7.83. The molecule has 0 radical (unpaired) electrons. The zero-order chi connectivity index (χ0) is 25.5. The Labute approximate surface area is 206 Å². The van der Waals surface area contributed by atoms with Gasteiger partial charge in [-0.15, -0.1) is 0 Å². The number of hydrogen-bond donors (Lipinski definition) is 2. The number of aromatic hydroxyl groups is 1. The molecule has 0 atom stereocenters. The molecule has 1 saturated carbocycles. The highest BCUT2D eigenvalue weighted by atomic mass is 16.5. The van der Waals surface area contributed by atoms with Crippen LogP contribution in [0.3, 0.4) is 0 Å². The number of amides is 2. The van der Waals surface area contributed by atoms with Crippen molar-refractivity contribution in [3.05, 3.63) is 47.0 Å². The first-order valence-electron chi connectivity index (χ1n) is 12.1. The molecule has 0 aliphatic heterocycles. The Morgan fingerprint density at radius 3 is 2.37 bits per heavy atom. The van der Waals surface area contributed by atoms with Gasteiger partial charge in [-0.05, 0) is 81.5 Å². The highest BCUT2D eigenvalue weighted by Crippen LogP contribution is 2.35. The third-order valence-corrected chi connectivity index (χ3v) is 5.84. The molecule has 0 unspecified atom stereocenters. The second kappa shape index (κ2) is 11.7. The second-order valence-electron chi connectivity index (χ2n) is 8.86. The summed E-state index contributed by atoms with van der Waals surface area (Å²) in [5, 5.41) is 13.0. The summed E-state index contributed by atoms with van der Waals surface area (Å²) in [5.41, 5.74) is 2.61. The molecule has 0 spiro atoms. The average Bonchev–Trinajstić information content (AvgIpc) is 3.65. The Kier molecular flexibility index (Phi) is 8.73. The van der Waals surface area contributed by atoms with Crippen molar-refractivity contribution in [2.75, 3.05) is 11.9 Å². The van der Waals surface area contributed by atoms with Gasteiger partial charge in [0, 0.05) is 30.3 Å². The van der Waals surface area contributed by atoms with Gasteiger partial charge in [0.15, 0.2) is 0 Å². The maximum absolute atomic E-state index is 12.7. The number of nitrogens with zero attached hydrogens (tertiary/aromatic N) is 1. The van der Waals surface area contributed by atoms with Crippen molar-refractivity contribution in [1.29, 1.82) is 0 Å². The van der Waals surface area contributed by atoms with Gasteiger partial charge >= 0.3 is 11.9 Å². The Bertz CT molecular complexity index is 1070. The quantitative estimate of drug-likeness (QED) is 0.365. The monoisotopic (exact) mass is 482 g/mol. The van der Waals surface area contributed by atoms with Crippen LogP contribution in [0.5, 0.6) is 17.2 Å². The van der Waals surface area contributed by atoms with E-state index in [4.69, 9.17) is 9.47 Å². The van der Waals surface area contributed by atoms with Gasteiger partial charge in [0.1, 0.15) is 17.2 Å². The predicted molar refractivity (Wildman–Crippen MR) is 132 cm³/mol. The molecule has 1 aliphatic carbocycles. The lowest BCUT2D eigenvalue weighted by atomic mass is 10.1. The Balaban J connectivity index is 1.76. The van der Waals surface area contributed by atoms with Crippen molar-refractivity contribution in [3.63, 3.8) is 0 Å². The van der Waals surface area contributed by atoms with Crippen molar-refractivity contribution in [1.82, 2.24) is 4.90 Å². The first-order valence-corrected chi connectivity index (χ1v) is 12.1. The normalized spacial score (nSPS) is 12.7. The molecule has 2 aromatic rings.